The van der Waals surface area contributed by atoms with E-state index >= 15 is 0 Å². The molecule has 0 radical (unpaired) electrons. The number of halogens is 1. The van der Waals surface area contributed by atoms with Gasteiger partial charge in [-0.1, -0.05) is 48.5 Å². The molecule has 0 amide bonds. The largest absolute Gasteiger partial charge is 0.381 e. The number of benzene rings is 3. The summed E-state index contributed by atoms with van der Waals surface area (Å²) >= 11 is 0. The number of carbonyl (C=O) groups excluding carboxylic acids is 1. The number of carbonyl (C=O) groups is 1. The molecular weight excluding hydrogens is 399 g/mol. The summed E-state index contributed by atoms with van der Waals surface area (Å²) in [5.41, 5.74) is 6.79. The van der Waals surface area contributed by atoms with Gasteiger partial charge in [-0.15, -0.1) is 0 Å². The Morgan fingerprint density at radius 1 is 0.969 bits per heavy atom. The van der Waals surface area contributed by atoms with E-state index in [0.717, 1.165) is 50.7 Å². The molecule has 0 atom stereocenters. The quantitative estimate of drug-likeness (QED) is 0.403. The van der Waals surface area contributed by atoms with Crippen LogP contribution in [-0.4, -0.2) is 19.4 Å². The molecule has 4 rings (SSSR count). The number of anilines is 2. The Bertz CT molecular complexity index is 1030. The van der Waals surface area contributed by atoms with Crippen molar-refractivity contribution in [1.82, 2.24) is 0 Å². The molecule has 3 nitrogen and oxygen atoms in total. The topological polar surface area (TPSA) is 32.3 Å². The zero-order chi connectivity index (χ0) is 22.2. The summed E-state index contributed by atoms with van der Waals surface area (Å²) < 4.78 is 14.3. The molecule has 1 aliphatic rings. The molecule has 0 fully saturated rings. The maximum atomic E-state index is 14.3. The highest BCUT2D eigenvalue weighted by Gasteiger charge is 2.19. The molecule has 32 heavy (non-hydrogen) atoms. The van der Waals surface area contributed by atoms with E-state index < -0.39 is 0 Å². The van der Waals surface area contributed by atoms with Gasteiger partial charge in [-0.2, -0.15) is 0 Å². The van der Waals surface area contributed by atoms with Crippen LogP contribution in [0.2, 0.25) is 0 Å². The number of fused-ring (bicyclic) bond motifs is 1. The smallest absolute Gasteiger partial charge is 0.128 e. The van der Waals surface area contributed by atoms with E-state index in [1.165, 1.54) is 28.4 Å². The highest BCUT2D eigenvalue weighted by atomic mass is 19.1. The lowest BCUT2D eigenvalue weighted by Crippen LogP contribution is -2.31. The number of hydrogen-bond donors (Lipinski definition) is 1. The Morgan fingerprint density at radius 3 is 2.66 bits per heavy atom. The third kappa shape index (κ3) is 5.56. The van der Waals surface area contributed by atoms with Gasteiger partial charge in [0, 0.05) is 37.4 Å². The van der Waals surface area contributed by atoms with Gasteiger partial charge >= 0.3 is 0 Å². The molecule has 1 aliphatic heterocycles. The third-order valence-electron chi connectivity index (χ3n) is 6.25. The lowest BCUT2D eigenvalue weighted by atomic mass is 9.95. The Hall–Kier alpha value is -3.14. The monoisotopic (exact) mass is 430 g/mol. The molecule has 0 saturated carbocycles. The standard InChI is InChI=1S/C28H31FN2O/c29-27-20-25(16-15-23(27)12-7-19-32)30-21-24-11-4-14-28-26(24)13-6-18-31(28)17-5-10-22-8-2-1-3-9-22/h1-4,8-9,11,14-16,19-20,30H,5-7,10,12-13,17-18,21H2. The Labute approximate surface area is 190 Å². The fraction of sp³-hybridized carbons (Fsp3) is 0.321. The van der Waals surface area contributed by atoms with Crippen molar-refractivity contribution in [2.24, 2.45) is 0 Å². The van der Waals surface area contributed by atoms with Crippen LogP contribution in [0.3, 0.4) is 0 Å². The minimum absolute atomic E-state index is 0.253. The van der Waals surface area contributed by atoms with Gasteiger partial charge in [0.15, 0.2) is 0 Å². The van der Waals surface area contributed by atoms with Gasteiger partial charge in [0.25, 0.3) is 0 Å². The molecule has 0 spiro atoms. The van der Waals surface area contributed by atoms with Crippen molar-refractivity contribution in [2.45, 2.75) is 45.1 Å². The predicted octanol–water partition coefficient (Wildman–Crippen LogP) is 5.95. The number of aryl methyl sites for hydroxylation is 2. The molecule has 1 N–H and O–H groups in total. The van der Waals surface area contributed by atoms with E-state index in [1.807, 2.05) is 6.07 Å². The van der Waals surface area contributed by atoms with Crippen molar-refractivity contribution in [3.05, 3.63) is 94.8 Å². The summed E-state index contributed by atoms with van der Waals surface area (Å²) in [6.07, 6.45) is 6.11. The lowest BCUT2D eigenvalue weighted by molar-refractivity contribution is -0.107. The van der Waals surface area contributed by atoms with Crippen LogP contribution in [-0.2, 0) is 30.6 Å². The molecule has 0 aromatic heterocycles. The maximum absolute atomic E-state index is 14.3. The van der Waals surface area contributed by atoms with Crippen LogP contribution in [0, 0.1) is 5.82 Å². The van der Waals surface area contributed by atoms with E-state index in [2.05, 4.69) is 58.7 Å². The van der Waals surface area contributed by atoms with Crippen LogP contribution >= 0.6 is 0 Å². The second-order valence-electron chi connectivity index (χ2n) is 8.46. The van der Waals surface area contributed by atoms with Crippen molar-refractivity contribution in [3.8, 4) is 0 Å². The molecule has 166 valence electrons. The van der Waals surface area contributed by atoms with Crippen LogP contribution < -0.4 is 10.2 Å². The minimum Gasteiger partial charge on any atom is -0.381 e. The summed E-state index contributed by atoms with van der Waals surface area (Å²) in [7, 11) is 0. The van der Waals surface area contributed by atoms with E-state index in [1.54, 1.807) is 6.07 Å². The summed E-state index contributed by atoms with van der Waals surface area (Å²) in [4.78, 5) is 13.1. The third-order valence-corrected chi connectivity index (χ3v) is 6.25. The van der Waals surface area contributed by atoms with Gasteiger partial charge in [-0.3, -0.25) is 0 Å². The van der Waals surface area contributed by atoms with Gasteiger partial charge in [0.2, 0.25) is 0 Å². The average Bonchev–Trinajstić information content (AvgIpc) is 2.83. The molecule has 1 heterocycles. The van der Waals surface area contributed by atoms with Gasteiger partial charge < -0.3 is 15.0 Å². The molecule has 0 saturated heterocycles. The first-order chi connectivity index (χ1) is 15.7. The van der Waals surface area contributed by atoms with Crippen molar-refractivity contribution in [3.63, 3.8) is 0 Å². The number of hydrogen-bond acceptors (Lipinski definition) is 3. The van der Waals surface area contributed by atoms with Crippen LogP contribution in [0.4, 0.5) is 15.8 Å². The molecule has 3 aromatic rings. The number of aldehydes is 1. The number of nitrogens with one attached hydrogen (secondary N) is 1. The summed E-state index contributed by atoms with van der Waals surface area (Å²) in [6.45, 7) is 2.84. The van der Waals surface area contributed by atoms with Crippen LogP contribution in [0.1, 0.15) is 41.5 Å². The van der Waals surface area contributed by atoms with Crippen LogP contribution in [0.5, 0.6) is 0 Å². The number of rotatable bonds is 10. The summed E-state index contributed by atoms with van der Waals surface area (Å²) in [5, 5.41) is 3.39. The van der Waals surface area contributed by atoms with Gasteiger partial charge in [-0.05, 0) is 72.6 Å². The first-order valence-electron chi connectivity index (χ1n) is 11.6. The Morgan fingerprint density at radius 2 is 1.84 bits per heavy atom. The van der Waals surface area contributed by atoms with Gasteiger partial charge in [-0.25, -0.2) is 4.39 Å². The number of nitrogens with zero attached hydrogens (tertiary/aromatic N) is 1. The van der Waals surface area contributed by atoms with Crippen molar-refractivity contribution in [1.29, 1.82) is 0 Å². The molecule has 4 heteroatoms. The predicted molar refractivity (Wildman–Crippen MR) is 130 cm³/mol. The second kappa shape index (κ2) is 10.9. The van der Waals surface area contributed by atoms with Crippen molar-refractivity contribution in [2.75, 3.05) is 23.3 Å². The first-order valence-corrected chi connectivity index (χ1v) is 11.6. The van der Waals surface area contributed by atoms with E-state index in [9.17, 15) is 9.18 Å². The van der Waals surface area contributed by atoms with Crippen molar-refractivity contribution >= 4 is 17.7 Å². The maximum Gasteiger partial charge on any atom is 0.128 e. The summed E-state index contributed by atoms with van der Waals surface area (Å²) in [5.74, 6) is -0.253. The minimum atomic E-state index is -0.253. The zero-order valence-corrected chi connectivity index (χ0v) is 18.5. The summed E-state index contributed by atoms with van der Waals surface area (Å²) in [6, 6.07) is 22.4. The fourth-order valence-electron chi connectivity index (χ4n) is 4.56. The average molecular weight is 431 g/mol. The van der Waals surface area contributed by atoms with Gasteiger partial charge in [0.05, 0.1) is 0 Å². The second-order valence-corrected chi connectivity index (χ2v) is 8.46. The van der Waals surface area contributed by atoms with Crippen LogP contribution in [0.25, 0.3) is 0 Å². The van der Waals surface area contributed by atoms with E-state index in [0.29, 0.717) is 24.9 Å². The highest BCUT2D eigenvalue weighted by Crippen LogP contribution is 2.31. The SMILES string of the molecule is O=CCCc1ccc(NCc2cccc3c2CCCN3CCCc2ccccc2)cc1F. The lowest BCUT2D eigenvalue weighted by Gasteiger charge is -2.33. The van der Waals surface area contributed by atoms with Crippen molar-refractivity contribution < 1.29 is 9.18 Å². The normalized spacial score (nSPS) is 13.0. The molecular formula is C28H31FN2O. The molecule has 0 aliphatic carbocycles. The Balaban J connectivity index is 1.39. The van der Waals surface area contributed by atoms with E-state index in [-0.39, 0.29) is 5.82 Å². The van der Waals surface area contributed by atoms with E-state index in [4.69, 9.17) is 0 Å². The Kier molecular flexibility index (Phi) is 7.55. The zero-order valence-electron chi connectivity index (χ0n) is 18.5. The van der Waals surface area contributed by atoms with Crippen LogP contribution in [0.15, 0.2) is 66.7 Å². The molecule has 3 aromatic carbocycles. The first kappa shape index (κ1) is 22.1. The molecule has 0 unspecified atom stereocenters. The molecule has 0 bridgehead atoms. The van der Waals surface area contributed by atoms with Gasteiger partial charge in [0.1, 0.15) is 12.1 Å². The fourth-order valence-corrected chi connectivity index (χ4v) is 4.56. The highest BCUT2D eigenvalue weighted by molar-refractivity contribution is 5.59.